The maximum absolute atomic E-state index is 13.0. The first kappa shape index (κ1) is 28.6. The third-order valence-corrected chi connectivity index (χ3v) is 5.84. The van der Waals surface area contributed by atoms with Crippen molar-refractivity contribution in [3.63, 3.8) is 0 Å². The highest BCUT2D eigenvalue weighted by molar-refractivity contribution is 6.08. The molecule has 0 radical (unpaired) electrons. The number of pyridine rings is 1. The monoisotopic (exact) mass is 517 g/mol. The van der Waals surface area contributed by atoms with Crippen molar-refractivity contribution in [3.05, 3.63) is 94.2 Å². The van der Waals surface area contributed by atoms with E-state index < -0.39 is 24.0 Å². The number of nitrogens with one attached hydrogen (secondary N) is 2. The van der Waals surface area contributed by atoms with Gasteiger partial charge in [0.25, 0.3) is 11.8 Å². The van der Waals surface area contributed by atoms with Crippen LogP contribution in [-0.4, -0.2) is 63.4 Å². The molecule has 1 aromatic heterocycles. The number of aliphatic hydroxyl groups excluding tert-OH is 2. The van der Waals surface area contributed by atoms with Gasteiger partial charge in [-0.3, -0.25) is 14.5 Å². The lowest BCUT2D eigenvalue weighted by molar-refractivity contribution is 0.0793. The lowest BCUT2D eigenvalue weighted by Gasteiger charge is -2.25. The van der Waals surface area contributed by atoms with Gasteiger partial charge in [-0.05, 0) is 74.2 Å². The van der Waals surface area contributed by atoms with Crippen LogP contribution in [0.1, 0.15) is 56.8 Å². The van der Waals surface area contributed by atoms with E-state index in [0.717, 1.165) is 16.7 Å². The fourth-order valence-corrected chi connectivity index (χ4v) is 3.96. The Bertz CT molecular complexity index is 1280. The van der Waals surface area contributed by atoms with Gasteiger partial charge in [0.1, 0.15) is 5.82 Å². The predicted octanol–water partition coefficient (Wildman–Crippen LogP) is 3.28. The number of amides is 2. The van der Waals surface area contributed by atoms with E-state index in [4.69, 9.17) is 0 Å². The highest BCUT2D eigenvalue weighted by atomic mass is 16.3. The van der Waals surface area contributed by atoms with Crippen molar-refractivity contribution in [1.82, 2.24) is 15.3 Å². The van der Waals surface area contributed by atoms with Crippen LogP contribution in [0.25, 0.3) is 0 Å². The zero-order valence-corrected chi connectivity index (χ0v) is 22.2. The van der Waals surface area contributed by atoms with Crippen LogP contribution in [0.2, 0.25) is 0 Å². The van der Waals surface area contributed by atoms with E-state index in [1.54, 1.807) is 50.4 Å². The molecule has 9 nitrogen and oxygen atoms in total. The molecule has 0 aliphatic rings. The average molecular weight is 518 g/mol. The molecule has 200 valence electrons. The summed E-state index contributed by atoms with van der Waals surface area (Å²) >= 11 is 0. The van der Waals surface area contributed by atoms with Gasteiger partial charge in [-0.2, -0.15) is 5.10 Å². The van der Waals surface area contributed by atoms with Crippen molar-refractivity contribution < 1.29 is 19.8 Å². The molecule has 0 saturated heterocycles. The molecular formula is C29H35N5O4. The quantitative estimate of drug-likeness (QED) is 0.228. The number of aryl methyl sites for hydroxylation is 2. The van der Waals surface area contributed by atoms with E-state index in [1.165, 1.54) is 11.8 Å². The van der Waals surface area contributed by atoms with E-state index in [9.17, 15) is 19.8 Å². The Morgan fingerprint density at radius 1 is 0.974 bits per heavy atom. The number of aliphatic hydroxyl groups is 2. The van der Waals surface area contributed by atoms with Gasteiger partial charge in [0, 0.05) is 31.4 Å². The molecule has 0 spiro atoms. The third-order valence-electron chi connectivity index (χ3n) is 5.84. The molecule has 0 aliphatic heterocycles. The largest absolute Gasteiger partial charge is 0.392 e. The summed E-state index contributed by atoms with van der Waals surface area (Å²) in [4.78, 5) is 31.9. The van der Waals surface area contributed by atoms with E-state index in [2.05, 4.69) is 20.8 Å². The molecule has 1 heterocycles. The van der Waals surface area contributed by atoms with Gasteiger partial charge >= 0.3 is 0 Å². The van der Waals surface area contributed by atoms with Crippen molar-refractivity contribution in [1.29, 1.82) is 0 Å². The first-order valence-electron chi connectivity index (χ1n) is 12.5. The third kappa shape index (κ3) is 8.58. The second-order valence-electron chi connectivity index (χ2n) is 9.49. The number of benzene rings is 2. The molecule has 2 aromatic carbocycles. The van der Waals surface area contributed by atoms with Crippen molar-refractivity contribution in [2.45, 2.75) is 46.4 Å². The minimum atomic E-state index is -0.556. The first-order chi connectivity index (χ1) is 18.1. The smallest absolute Gasteiger partial charge is 0.275 e. The number of carbonyl (C=O) groups excluding carboxylic acids is 2. The predicted molar refractivity (Wildman–Crippen MR) is 148 cm³/mol. The Morgan fingerprint density at radius 2 is 1.71 bits per heavy atom. The van der Waals surface area contributed by atoms with Crippen molar-refractivity contribution in [3.8, 4) is 0 Å². The topological polar surface area (TPSA) is 127 Å². The summed E-state index contributed by atoms with van der Waals surface area (Å²) in [6, 6.07) is 16.1. The Labute approximate surface area is 223 Å². The van der Waals surface area contributed by atoms with Gasteiger partial charge in [-0.1, -0.05) is 30.3 Å². The van der Waals surface area contributed by atoms with Gasteiger partial charge < -0.3 is 15.5 Å². The van der Waals surface area contributed by atoms with Crippen LogP contribution in [0.4, 0.5) is 5.82 Å². The normalized spacial score (nSPS) is 12.9. The molecule has 2 atom stereocenters. The Morgan fingerprint density at radius 3 is 2.39 bits per heavy atom. The summed E-state index contributed by atoms with van der Waals surface area (Å²) < 4.78 is 0. The fourth-order valence-electron chi connectivity index (χ4n) is 3.96. The summed E-state index contributed by atoms with van der Waals surface area (Å²) in [6.07, 6.45) is 1.94. The molecule has 0 saturated carbocycles. The molecule has 9 heteroatoms. The van der Waals surface area contributed by atoms with E-state index >= 15 is 0 Å². The molecule has 0 fully saturated rings. The van der Waals surface area contributed by atoms with Gasteiger partial charge in [-0.25, -0.2) is 10.4 Å². The van der Waals surface area contributed by atoms with Crippen LogP contribution in [-0.2, 0) is 6.54 Å². The zero-order valence-electron chi connectivity index (χ0n) is 22.2. The molecule has 38 heavy (non-hydrogen) atoms. The van der Waals surface area contributed by atoms with Gasteiger partial charge in [0.15, 0.2) is 0 Å². The molecule has 4 N–H and O–H groups in total. The summed E-state index contributed by atoms with van der Waals surface area (Å²) in [5.41, 5.74) is 7.05. The summed E-state index contributed by atoms with van der Waals surface area (Å²) in [6.45, 7) is 8.64. The number of carbonyl (C=O) groups is 2. The lowest BCUT2D eigenvalue weighted by Crippen LogP contribution is -2.35. The van der Waals surface area contributed by atoms with Crippen molar-refractivity contribution in [2.24, 2.45) is 5.10 Å². The molecule has 3 rings (SSSR count). The van der Waals surface area contributed by atoms with Crippen LogP contribution in [0.3, 0.4) is 0 Å². The van der Waals surface area contributed by atoms with Crippen LogP contribution in [0.15, 0.2) is 65.9 Å². The molecule has 2 unspecified atom stereocenters. The van der Waals surface area contributed by atoms with Crippen LogP contribution in [0, 0.1) is 13.8 Å². The highest BCUT2D eigenvalue weighted by Crippen LogP contribution is 2.15. The maximum Gasteiger partial charge on any atom is 0.275 e. The SMILES string of the molecule is Cc1ccc(/C=N/NC(=O)c2cccnc2NC(=O)c2cccc(CN(CC(C)O)CC(C)O)c2)cc1C. The number of hydrogen-bond acceptors (Lipinski definition) is 7. The van der Waals surface area contributed by atoms with Crippen molar-refractivity contribution >= 4 is 23.8 Å². The first-order valence-corrected chi connectivity index (χ1v) is 12.5. The molecule has 2 amide bonds. The Kier molecular flexibility index (Phi) is 10.2. The number of nitrogens with zero attached hydrogens (tertiary/aromatic N) is 3. The lowest BCUT2D eigenvalue weighted by atomic mass is 10.1. The Hall–Kier alpha value is -3.92. The van der Waals surface area contributed by atoms with E-state index in [1.807, 2.05) is 43.0 Å². The summed E-state index contributed by atoms with van der Waals surface area (Å²) in [5, 5.41) is 26.3. The average Bonchev–Trinajstić information content (AvgIpc) is 2.85. The Balaban J connectivity index is 1.69. The second kappa shape index (κ2) is 13.6. The summed E-state index contributed by atoms with van der Waals surface area (Å²) in [5.74, 6) is -0.809. The standard InChI is InChI=1S/C29H35N5O4/c1-19-10-11-23(13-20(19)2)15-31-33-29(38)26-9-6-12-30-27(26)32-28(37)25-8-5-7-24(14-25)18-34(16-21(3)35)17-22(4)36/h5-15,21-22,35-36H,16-18H2,1-4H3,(H,33,38)(H,30,32,37)/b31-15+. The van der Waals surface area contributed by atoms with Crippen molar-refractivity contribution in [2.75, 3.05) is 18.4 Å². The minimum Gasteiger partial charge on any atom is -0.392 e. The van der Waals surface area contributed by atoms with Crippen LogP contribution in [0.5, 0.6) is 0 Å². The second-order valence-corrected chi connectivity index (χ2v) is 9.49. The fraction of sp³-hybridized carbons (Fsp3) is 0.310. The number of hydrazone groups is 1. The molecule has 3 aromatic rings. The number of rotatable bonds is 11. The van der Waals surface area contributed by atoms with Gasteiger partial charge in [0.2, 0.25) is 0 Å². The summed E-state index contributed by atoms with van der Waals surface area (Å²) in [7, 11) is 0. The highest BCUT2D eigenvalue weighted by Gasteiger charge is 2.17. The molecule has 0 aliphatic carbocycles. The van der Waals surface area contributed by atoms with E-state index in [0.29, 0.717) is 25.2 Å². The maximum atomic E-state index is 13.0. The van der Waals surface area contributed by atoms with E-state index in [-0.39, 0.29) is 11.4 Å². The zero-order chi connectivity index (χ0) is 27.7. The van der Waals surface area contributed by atoms with Crippen LogP contribution < -0.4 is 10.7 Å². The van der Waals surface area contributed by atoms with Gasteiger partial charge in [-0.15, -0.1) is 0 Å². The number of aromatic nitrogens is 1. The number of hydrogen-bond donors (Lipinski definition) is 4. The number of anilines is 1. The van der Waals surface area contributed by atoms with Crippen LogP contribution >= 0.6 is 0 Å². The molecular weight excluding hydrogens is 482 g/mol. The molecule has 0 bridgehead atoms. The minimum absolute atomic E-state index is 0.117. The van der Waals surface area contributed by atoms with Gasteiger partial charge in [0.05, 0.1) is 24.0 Å².